The third-order valence-corrected chi connectivity index (χ3v) is 24.2. The minimum absolute atomic E-state index is 0.0440. The minimum atomic E-state index is -0.331. The van der Waals surface area contributed by atoms with Gasteiger partial charge in [0.15, 0.2) is 0 Å². The van der Waals surface area contributed by atoms with E-state index in [9.17, 15) is 0 Å². The van der Waals surface area contributed by atoms with E-state index in [1.54, 1.807) is 0 Å². The van der Waals surface area contributed by atoms with Crippen LogP contribution in [0.1, 0.15) is 184 Å². The molecule has 15 aromatic rings. The van der Waals surface area contributed by atoms with E-state index in [4.69, 9.17) is 0 Å². The van der Waals surface area contributed by atoms with Crippen molar-refractivity contribution in [1.29, 1.82) is 0 Å². The Hall–Kier alpha value is -10.9. The molecule has 4 heterocycles. The highest BCUT2D eigenvalue weighted by molar-refractivity contribution is 7.00. The quantitative estimate of drug-likeness (QED) is 0.141. The van der Waals surface area contributed by atoms with E-state index in [-0.39, 0.29) is 44.6 Å². The van der Waals surface area contributed by atoms with Crippen LogP contribution in [0.25, 0.3) is 99.5 Å². The Balaban J connectivity index is 1.04. The third kappa shape index (κ3) is 12.5. The molecule has 0 aliphatic carbocycles. The molecule has 0 bridgehead atoms. The summed E-state index contributed by atoms with van der Waals surface area (Å²) in [5.74, 6) is 0. The van der Waals surface area contributed by atoms with Crippen molar-refractivity contribution in [2.24, 2.45) is 0 Å². The number of anilines is 6. The Morgan fingerprint density at radius 2 is 0.514 bits per heavy atom. The summed E-state index contributed by atoms with van der Waals surface area (Å²) < 4.78 is 5.03. The van der Waals surface area contributed by atoms with Crippen LogP contribution in [-0.4, -0.2) is 15.8 Å². The van der Waals surface area contributed by atoms with Gasteiger partial charge in [0.25, 0.3) is 6.71 Å². The highest BCUT2D eigenvalue weighted by Crippen LogP contribution is 2.54. The zero-order chi connectivity index (χ0) is 78.1. The third-order valence-electron chi connectivity index (χ3n) is 24.2. The van der Waals surface area contributed by atoms with Gasteiger partial charge in [-0.3, -0.25) is 0 Å². The first-order valence-electron chi connectivity index (χ1n) is 40.3. The van der Waals surface area contributed by atoms with Gasteiger partial charge in [0, 0.05) is 66.8 Å². The standard InChI is InChI=1S/C106H107BN4/c1-100(2,3)70-44-38-66(39-45-70)79-52-42-68(77-54-48-72(102(7,8)9)60-85(77)105(16,17)18)58-93(79)110-95-64-75(108-89-34-26-22-30-81(89)82-31-23-27-35-90(82)108)50-56-87(95)107-88-57-51-76(109-91-36-28-24-32-83(91)84-33-25-29-37-92(84)109)65-96(88)111(98-63-74(104(13,14)15)62-97(110)99(98)107)94-59-69(43-53-80(94)67-40-46-71(47-41-67)101(4,5)6)78-55-49-73(103(10,11)12)61-86(78)106(19,20)21/h22-65H,1-21H3. The number of para-hydroxylation sites is 4. The zero-order valence-corrected chi connectivity index (χ0v) is 69.3. The van der Waals surface area contributed by atoms with Gasteiger partial charge in [-0.05, 0) is 199 Å². The summed E-state index contributed by atoms with van der Waals surface area (Å²) in [5, 5.41) is 4.94. The van der Waals surface area contributed by atoms with E-state index in [2.05, 4.69) is 431 Å². The van der Waals surface area contributed by atoms with Crippen LogP contribution in [0.3, 0.4) is 0 Å². The average Bonchev–Trinajstić information content (AvgIpc) is 0.944. The summed E-state index contributed by atoms with van der Waals surface area (Å²) >= 11 is 0. The van der Waals surface area contributed by atoms with Crippen LogP contribution >= 0.6 is 0 Å². The van der Waals surface area contributed by atoms with Gasteiger partial charge in [-0.25, -0.2) is 0 Å². The molecule has 0 radical (unpaired) electrons. The fourth-order valence-electron chi connectivity index (χ4n) is 17.9. The number of nitrogens with zero attached hydrogens (tertiary/aromatic N) is 4. The predicted molar refractivity (Wildman–Crippen MR) is 482 cm³/mol. The second kappa shape index (κ2) is 25.9. The predicted octanol–water partition coefficient (Wildman–Crippen LogP) is 27.7. The van der Waals surface area contributed by atoms with Gasteiger partial charge in [-0.2, -0.15) is 0 Å². The molecule has 4 nitrogen and oxygen atoms in total. The first kappa shape index (κ1) is 73.0. The molecule has 2 aromatic heterocycles. The second-order valence-corrected chi connectivity index (χ2v) is 39.1. The first-order valence-corrected chi connectivity index (χ1v) is 40.3. The molecule has 0 fully saturated rings. The van der Waals surface area contributed by atoms with Crippen molar-refractivity contribution >= 4 is 101 Å². The van der Waals surface area contributed by atoms with Gasteiger partial charge in [0.1, 0.15) is 0 Å². The van der Waals surface area contributed by atoms with E-state index in [1.807, 2.05) is 0 Å². The smallest absolute Gasteiger partial charge is 0.252 e. The van der Waals surface area contributed by atoms with Crippen molar-refractivity contribution < 1.29 is 0 Å². The Kier molecular flexibility index (Phi) is 17.0. The number of rotatable bonds is 8. The maximum atomic E-state index is 2.73. The molecule has 111 heavy (non-hydrogen) atoms. The van der Waals surface area contributed by atoms with E-state index >= 15 is 0 Å². The largest absolute Gasteiger partial charge is 0.311 e. The Bertz CT molecular complexity index is 5760. The highest BCUT2D eigenvalue weighted by atomic mass is 15.2. The maximum absolute atomic E-state index is 2.73. The van der Waals surface area contributed by atoms with Gasteiger partial charge in [-0.15, -0.1) is 0 Å². The van der Waals surface area contributed by atoms with Gasteiger partial charge in [0.05, 0.1) is 33.4 Å². The number of fused-ring (bicyclic) bond motifs is 10. The van der Waals surface area contributed by atoms with Crippen molar-refractivity contribution in [1.82, 2.24) is 9.13 Å². The van der Waals surface area contributed by atoms with Gasteiger partial charge >= 0.3 is 0 Å². The maximum Gasteiger partial charge on any atom is 0.252 e. The number of hydrogen-bond donors (Lipinski definition) is 0. The topological polar surface area (TPSA) is 16.3 Å². The summed E-state index contributed by atoms with van der Waals surface area (Å²) in [6.45, 7) is 49.3. The molecule has 0 spiro atoms. The number of benzene rings is 13. The lowest BCUT2D eigenvalue weighted by atomic mass is 9.33. The molecule has 0 unspecified atom stereocenters. The van der Waals surface area contributed by atoms with Crippen LogP contribution in [0.15, 0.2) is 267 Å². The van der Waals surface area contributed by atoms with Crippen LogP contribution in [-0.2, 0) is 37.9 Å². The lowest BCUT2D eigenvalue weighted by molar-refractivity contribution is 0.569. The van der Waals surface area contributed by atoms with E-state index < -0.39 is 0 Å². The molecule has 5 heteroatoms. The summed E-state index contributed by atoms with van der Waals surface area (Å²) in [7, 11) is 0. The van der Waals surface area contributed by atoms with Crippen molar-refractivity contribution in [3.05, 3.63) is 306 Å². The van der Waals surface area contributed by atoms with E-state index in [0.717, 1.165) is 45.3 Å². The number of hydrogen-bond acceptors (Lipinski definition) is 2. The molecule has 0 saturated heterocycles. The van der Waals surface area contributed by atoms with Crippen LogP contribution in [0.4, 0.5) is 34.1 Å². The Morgan fingerprint density at radius 3 is 0.829 bits per heavy atom. The fourth-order valence-corrected chi connectivity index (χ4v) is 17.9. The molecule has 17 rings (SSSR count). The Morgan fingerprint density at radius 1 is 0.216 bits per heavy atom. The molecular formula is C106H107BN4. The van der Waals surface area contributed by atoms with Crippen molar-refractivity contribution in [3.8, 4) is 55.9 Å². The average molecular weight is 1450 g/mol. The molecule has 0 N–H and O–H groups in total. The first-order chi connectivity index (χ1) is 52.5. The van der Waals surface area contributed by atoms with Crippen LogP contribution in [0, 0.1) is 0 Å². The van der Waals surface area contributed by atoms with Crippen LogP contribution < -0.4 is 26.2 Å². The fraction of sp³-hybridized carbons (Fsp3) is 0.264. The summed E-state index contributed by atoms with van der Waals surface area (Å²) in [6, 6.07) is 105. The molecule has 0 saturated carbocycles. The Labute approximate surface area is 660 Å². The van der Waals surface area contributed by atoms with Crippen LogP contribution in [0.5, 0.6) is 0 Å². The summed E-state index contributed by atoms with van der Waals surface area (Å²) in [4.78, 5) is 5.47. The van der Waals surface area contributed by atoms with Crippen molar-refractivity contribution in [2.45, 2.75) is 183 Å². The van der Waals surface area contributed by atoms with Gasteiger partial charge < -0.3 is 18.9 Å². The highest BCUT2D eigenvalue weighted by Gasteiger charge is 2.46. The molecule has 13 aromatic carbocycles. The lowest BCUT2D eigenvalue weighted by Crippen LogP contribution is -2.61. The molecule has 2 aliphatic heterocycles. The van der Waals surface area contributed by atoms with Crippen molar-refractivity contribution in [2.75, 3.05) is 9.80 Å². The molecular weight excluding hydrogens is 1340 g/mol. The second-order valence-electron chi connectivity index (χ2n) is 39.1. The zero-order valence-electron chi connectivity index (χ0n) is 69.3. The normalized spacial score (nSPS) is 13.6. The SMILES string of the molecule is CC(C)(C)c1ccc(-c2ccc(-c3ccc(C(C)(C)C)cc3C(C)(C)C)cc2N2c3cc(-n4c5ccccc5c5ccccc54)ccc3B3c4ccc(-n5c6ccccc6c6ccccc65)cc4N(c4cc(-c5ccc(C(C)(C)C)cc5C(C)(C)C)ccc4-c4ccc(C(C)(C)C)cc4)c4cc(C(C)(C)C)cc2c43)cc1. The monoisotopic (exact) mass is 1450 g/mol. The molecule has 0 atom stereocenters. The summed E-state index contributed by atoms with van der Waals surface area (Å²) in [6.07, 6.45) is 0. The molecule has 0 amide bonds. The lowest BCUT2D eigenvalue weighted by Gasteiger charge is -2.46. The van der Waals surface area contributed by atoms with E-state index in [1.165, 1.54) is 144 Å². The van der Waals surface area contributed by atoms with Gasteiger partial charge in [-0.1, -0.05) is 340 Å². The van der Waals surface area contributed by atoms with Crippen molar-refractivity contribution in [3.63, 3.8) is 0 Å². The molecule has 554 valence electrons. The minimum Gasteiger partial charge on any atom is -0.311 e. The summed E-state index contributed by atoms with van der Waals surface area (Å²) in [5.41, 5.74) is 35.4. The van der Waals surface area contributed by atoms with Gasteiger partial charge in [0.2, 0.25) is 0 Å². The molecule has 2 aliphatic rings. The van der Waals surface area contributed by atoms with Crippen LogP contribution in [0.2, 0.25) is 0 Å². The van der Waals surface area contributed by atoms with E-state index in [0.29, 0.717) is 0 Å². The number of aromatic nitrogens is 2.